The van der Waals surface area contributed by atoms with E-state index in [2.05, 4.69) is 4.74 Å². The molecule has 0 unspecified atom stereocenters. The van der Waals surface area contributed by atoms with Gasteiger partial charge in [-0.1, -0.05) is 18.9 Å². The fourth-order valence-electron chi connectivity index (χ4n) is 4.35. The van der Waals surface area contributed by atoms with Crippen LogP contribution in [0, 0.1) is 23.4 Å². The van der Waals surface area contributed by atoms with Gasteiger partial charge in [-0.3, -0.25) is 4.39 Å². The van der Waals surface area contributed by atoms with Gasteiger partial charge >= 0.3 is 12.3 Å². The lowest BCUT2D eigenvalue weighted by atomic mass is 9.77. The van der Waals surface area contributed by atoms with Gasteiger partial charge in [0, 0.05) is 0 Å². The van der Waals surface area contributed by atoms with Crippen LogP contribution in [0.4, 0.5) is 39.5 Å². The first kappa shape index (κ1) is 26.2. The van der Waals surface area contributed by atoms with Crippen molar-refractivity contribution < 1.29 is 44.3 Å². The van der Waals surface area contributed by atoms with E-state index in [4.69, 9.17) is 0 Å². The molecule has 0 spiro atoms. The highest BCUT2D eigenvalue weighted by Crippen LogP contribution is 2.41. The SMILES string of the molecule is FCCCCC1CCC(c2cc(F)c(-c3ccc(OC(F)(F)C(F)(F)F)c(F)c3)c(F)c2)CC1. The third-order valence-electron chi connectivity index (χ3n) is 6.17. The van der Waals surface area contributed by atoms with E-state index in [-0.39, 0.29) is 18.2 Å². The van der Waals surface area contributed by atoms with Crippen LogP contribution in [0.1, 0.15) is 56.4 Å². The number of ether oxygens (including phenoxy) is 1. The topological polar surface area (TPSA) is 9.23 Å². The lowest BCUT2D eigenvalue weighted by Crippen LogP contribution is -2.42. The Bertz CT molecular complexity index is 956. The van der Waals surface area contributed by atoms with Gasteiger partial charge in [-0.25, -0.2) is 13.2 Å². The Morgan fingerprint density at radius 2 is 1.41 bits per heavy atom. The molecule has 34 heavy (non-hydrogen) atoms. The fourth-order valence-corrected chi connectivity index (χ4v) is 4.35. The second-order valence-electron chi connectivity index (χ2n) is 8.52. The highest BCUT2D eigenvalue weighted by molar-refractivity contribution is 5.66. The van der Waals surface area contributed by atoms with Crippen LogP contribution in [0.3, 0.4) is 0 Å². The molecule has 3 rings (SSSR count). The molecule has 1 nitrogen and oxygen atoms in total. The summed E-state index contributed by atoms with van der Waals surface area (Å²) in [5.74, 6) is -4.68. The molecule has 0 aromatic heterocycles. The normalized spacial score (nSPS) is 19.3. The summed E-state index contributed by atoms with van der Waals surface area (Å²) in [7, 11) is 0. The molecule has 0 heterocycles. The van der Waals surface area contributed by atoms with E-state index in [0.717, 1.165) is 43.9 Å². The van der Waals surface area contributed by atoms with Crippen LogP contribution in [0.2, 0.25) is 0 Å². The zero-order valence-electron chi connectivity index (χ0n) is 18.0. The van der Waals surface area contributed by atoms with Crippen molar-refractivity contribution in [1.82, 2.24) is 0 Å². The van der Waals surface area contributed by atoms with Gasteiger partial charge in [0.25, 0.3) is 0 Å². The molecule has 188 valence electrons. The molecular weight excluding hydrogens is 475 g/mol. The van der Waals surface area contributed by atoms with Gasteiger partial charge in [-0.15, -0.1) is 0 Å². The van der Waals surface area contributed by atoms with Crippen molar-refractivity contribution in [3.05, 3.63) is 53.3 Å². The minimum atomic E-state index is -6.07. The van der Waals surface area contributed by atoms with E-state index < -0.39 is 41.0 Å². The Labute approximate surface area is 190 Å². The van der Waals surface area contributed by atoms with E-state index in [1.165, 1.54) is 0 Å². The number of unbranched alkanes of at least 4 members (excludes halogenated alkanes) is 1. The summed E-state index contributed by atoms with van der Waals surface area (Å²) in [6.45, 7) is -0.347. The number of benzene rings is 2. The van der Waals surface area contributed by atoms with Crippen LogP contribution >= 0.6 is 0 Å². The summed E-state index contributed by atoms with van der Waals surface area (Å²) >= 11 is 0. The Balaban J connectivity index is 1.75. The maximum absolute atomic E-state index is 14.8. The molecule has 1 saturated carbocycles. The van der Waals surface area contributed by atoms with Gasteiger partial charge in [0.05, 0.1) is 12.2 Å². The van der Waals surface area contributed by atoms with Gasteiger partial charge in [0.15, 0.2) is 11.6 Å². The summed E-state index contributed by atoms with van der Waals surface area (Å²) < 4.78 is 122. The van der Waals surface area contributed by atoms with Gasteiger partial charge in [-0.2, -0.15) is 22.0 Å². The molecule has 0 N–H and O–H groups in total. The van der Waals surface area contributed by atoms with Crippen molar-refractivity contribution in [3.63, 3.8) is 0 Å². The molecule has 1 aliphatic carbocycles. The molecular formula is C24H23F9O. The molecule has 0 amide bonds. The van der Waals surface area contributed by atoms with E-state index in [0.29, 0.717) is 42.9 Å². The number of halogens is 9. The fraction of sp³-hybridized carbons (Fsp3) is 0.500. The molecule has 0 saturated heterocycles. The van der Waals surface area contributed by atoms with Crippen LogP contribution in [0.25, 0.3) is 11.1 Å². The van der Waals surface area contributed by atoms with Crippen LogP contribution < -0.4 is 4.74 Å². The highest BCUT2D eigenvalue weighted by atomic mass is 19.4. The zero-order valence-corrected chi connectivity index (χ0v) is 18.0. The first-order valence-corrected chi connectivity index (χ1v) is 10.9. The lowest BCUT2D eigenvalue weighted by Gasteiger charge is -2.29. The van der Waals surface area contributed by atoms with Crippen LogP contribution in [-0.2, 0) is 0 Å². The van der Waals surface area contributed by atoms with Gasteiger partial charge in [0.2, 0.25) is 0 Å². The first-order valence-electron chi connectivity index (χ1n) is 10.9. The van der Waals surface area contributed by atoms with Crippen LogP contribution in [0.15, 0.2) is 30.3 Å². The van der Waals surface area contributed by atoms with Crippen molar-refractivity contribution in [3.8, 4) is 16.9 Å². The second kappa shape index (κ2) is 10.5. The molecule has 0 bridgehead atoms. The predicted molar refractivity (Wildman–Crippen MR) is 108 cm³/mol. The number of rotatable bonds is 8. The van der Waals surface area contributed by atoms with Gasteiger partial charge in [0.1, 0.15) is 11.6 Å². The number of hydrogen-bond acceptors (Lipinski definition) is 1. The average Bonchev–Trinajstić information content (AvgIpc) is 2.75. The Morgan fingerprint density at radius 1 is 0.794 bits per heavy atom. The summed E-state index contributed by atoms with van der Waals surface area (Å²) in [4.78, 5) is 0. The smallest absolute Gasteiger partial charge is 0.423 e. The first-order chi connectivity index (χ1) is 15.9. The number of alkyl halides is 6. The third-order valence-corrected chi connectivity index (χ3v) is 6.17. The summed E-state index contributed by atoms with van der Waals surface area (Å²) in [5, 5.41) is 0. The van der Waals surface area contributed by atoms with Crippen molar-refractivity contribution in [2.75, 3.05) is 6.67 Å². The predicted octanol–water partition coefficient (Wildman–Crippen LogP) is 8.72. The van der Waals surface area contributed by atoms with E-state index in [1.807, 2.05) is 0 Å². The Kier molecular flexibility index (Phi) is 8.08. The lowest BCUT2D eigenvalue weighted by molar-refractivity contribution is -0.361. The number of hydrogen-bond donors (Lipinski definition) is 0. The molecule has 2 aromatic carbocycles. The third kappa shape index (κ3) is 5.99. The van der Waals surface area contributed by atoms with E-state index in [1.54, 1.807) is 0 Å². The molecule has 0 atom stereocenters. The van der Waals surface area contributed by atoms with E-state index in [9.17, 15) is 39.5 Å². The summed E-state index contributed by atoms with van der Waals surface area (Å²) in [5.41, 5.74) is -0.568. The quantitative estimate of drug-likeness (QED) is 0.261. The molecule has 1 fully saturated rings. The van der Waals surface area contributed by atoms with Crippen molar-refractivity contribution in [1.29, 1.82) is 0 Å². The molecule has 2 aromatic rings. The van der Waals surface area contributed by atoms with Crippen molar-refractivity contribution >= 4 is 0 Å². The standard InChI is InChI=1S/C24H23F9O/c25-10-2-1-3-14-4-6-15(7-5-14)17-12-19(27)22(20(28)13-17)16-8-9-21(18(26)11-16)34-24(32,33)23(29,30)31/h8-9,11-15H,1-7,10H2. The van der Waals surface area contributed by atoms with Gasteiger partial charge in [-0.05, 0) is 79.3 Å². The Hall–Kier alpha value is -2.39. The molecule has 1 aliphatic rings. The minimum Gasteiger partial charge on any atom is -0.423 e. The van der Waals surface area contributed by atoms with Gasteiger partial charge < -0.3 is 4.74 Å². The zero-order chi connectivity index (χ0) is 25.1. The molecule has 0 aliphatic heterocycles. The maximum Gasteiger partial charge on any atom is 0.499 e. The van der Waals surface area contributed by atoms with Crippen LogP contribution in [-0.4, -0.2) is 19.0 Å². The summed E-state index contributed by atoms with van der Waals surface area (Å²) in [6, 6.07) is 3.96. The maximum atomic E-state index is 14.8. The monoisotopic (exact) mass is 498 g/mol. The van der Waals surface area contributed by atoms with E-state index >= 15 is 0 Å². The average molecular weight is 498 g/mol. The molecule has 0 radical (unpaired) electrons. The summed E-state index contributed by atoms with van der Waals surface area (Å²) in [6.07, 6.45) is -6.32. The van der Waals surface area contributed by atoms with Crippen molar-refractivity contribution in [2.45, 2.75) is 63.1 Å². The largest absolute Gasteiger partial charge is 0.499 e. The van der Waals surface area contributed by atoms with Crippen molar-refractivity contribution in [2.24, 2.45) is 5.92 Å². The second-order valence-corrected chi connectivity index (χ2v) is 8.52. The van der Waals surface area contributed by atoms with Crippen LogP contribution in [0.5, 0.6) is 5.75 Å². The molecule has 10 heteroatoms. The minimum absolute atomic E-state index is 0.0763. The Morgan fingerprint density at radius 3 is 1.94 bits per heavy atom. The highest BCUT2D eigenvalue weighted by Gasteiger charge is 2.61.